The van der Waals surface area contributed by atoms with E-state index in [1.165, 1.54) is 0 Å². The van der Waals surface area contributed by atoms with Crippen LogP contribution in [0.1, 0.15) is 30.5 Å². The van der Waals surface area contributed by atoms with Gasteiger partial charge in [-0.2, -0.15) is 5.10 Å². The highest BCUT2D eigenvalue weighted by Gasteiger charge is 2.31. The van der Waals surface area contributed by atoms with Gasteiger partial charge in [-0.25, -0.2) is 5.01 Å². The van der Waals surface area contributed by atoms with Crippen molar-refractivity contribution >= 4 is 27.5 Å². The van der Waals surface area contributed by atoms with Crippen LogP contribution in [0.25, 0.3) is 0 Å². The quantitative estimate of drug-likeness (QED) is 0.806. The van der Waals surface area contributed by atoms with Crippen molar-refractivity contribution in [1.29, 1.82) is 0 Å². The summed E-state index contributed by atoms with van der Waals surface area (Å²) in [5.74, 6) is -0.0335. The van der Waals surface area contributed by atoms with Gasteiger partial charge in [0.25, 0.3) is 0 Å². The van der Waals surface area contributed by atoms with Crippen molar-refractivity contribution < 1.29 is 4.79 Å². The maximum Gasteiger partial charge on any atom is 0.240 e. The van der Waals surface area contributed by atoms with Crippen molar-refractivity contribution in [2.45, 2.75) is 19.4 Å². The zero-order valence-corrected chi connectivity index (χ0v) is 13.2. The summed E-state index contributed by atoms with van der Waals surface area (Å²) in [5, 5.41) is 6.12. The molecule has 0 aromatic heterocycles. The van der Waals surface area contributed by atoms with Gasteiger partial charge in [0.15, 0.2) is 0 Å². The molecule has 2 aromatic rings. The Morgan fingerprint density at radius 1 is 1.14 bits per heavy atom. The highest BCUT2D eigenvalue weighted by Crippen LogP contribution is 2.33. The van der Waals surface area contributed by atoms with Crippen LogP contribution in [0.15, 0.2) is 64.2 Å². The molecule has 4 heteroatoms. The second-order valence-electron chi connectivity index (χ2n) is 5.05. The zero-order chi connectivity index (χ0) is 14.8. The molecule has 0 saturated carbocycles. The van der Waals surface area contributed by atoms with E-state index in [4.69, 9.17) is 0 Å². The van der Waals surface area contributed by atoms with Crippen LogP contribution in [0.4, 0.5) is 0 Å². The van der Waals surface area contributed by atoms with E-state index in [1.807, 2.05) is 54.6 Å². The molecular formula is C17H15BrN2O. The van der Waals surface area contributed by atoms with E-state index in [9.17, 15) is 4.79 Å². The summed E-state index contributed by atoms with van der Waals surface area (Å²) in [6.07, 6.45) is 0.741. The van der Waals surface area contributed by atoms with E-state index in [2.05, 4.69) is 21.0 Å². The molecule has 0 saturated heterocycles. The van der Waals surface area contributed by atoms with Crippen molar-refractivity contribution in [2.75, 3.05) is 0 Å². The van der Waals surface area contributed by atoms with Gasteiger partial charge in [-0.15, -0.1) is 0 Å². The first kappa shape index (κ1) is 14.0. The van der Waals surface area contributed by atoms with Crippen molar-refractivity contribution in [3.8, 4) is 0 Å². The third-order valence-electron chi connectivity index (χ3n) is 3.59. The van der Waals surface area contributed by atoms with Gasteiger partial charge in [-0.1, -0.05) is 58.4 Å². The van der Waals surface area contributed by atoms with E-state index >= 15 is 0 Å². The Morgan fingerprint density at radius 3 is 2.43 bits per heavy atom. The van der Waals surface area contributed by atoms with Gasteiger partial charge in [0.05, 0.1) is 11.8 Å². The van der Waals surface area contributed by atoms with Crippen LogP contribution in [0.3, 0.4) is 0 Å². The molecule has 3 nitrogen and oxygen atoms in total. The van der Waals surface area contributed by atoms with Gasteiger partial charge in [-0.3, -0.25) is 4.79 Å². The number of rotatable bonds is 2. The predicted molar refractivity (Wildman–Crippen MR) is 87.0 cm³/mol. The van der Waals surface area contributed by atoms with Gasteiger partial charge >= 0.3 is 0 Å². The minimum atomic E-state index is -0.0335. The van der Waals surface area contributed by atoms with Gasteiger partial charge in [-0.05, 0) is 23.3 Å². The largest absolute Gasteiger partial charge is 0.273 e. The molecule has 0 spiro atoms. The van der Waals surface area contributed by atoms with Crippen molar-refractivity contribution in [3.63, 3.8) is 0 Å². The molecule has 0 radical (unpaired) electrons. The summed E-state index contributed by atoms with van der Waals surface area (Å²) < 4.78 is 1.03. The molecule has 3 rings (SSSR count). The molecule has 1 aliphatic heterocycles. The smallest absolute Gasteiger partial charge is 0.240 e. The highest BCUT2D eigenvalue weighted by molar-refractivity contribution is 9.10. The second-order valence-corrected chi connectivity index (χ2v) is 5.96. The molecule has 1 aliphatic rings. The number of hydrogen-bond donors (Lipinski definition) is 0. The van der Waals surface area contributed by atoms with Crippen LogP contribution >= 0.6 is 15.9 Å². The van der Waals surface area contributed by atoms with Crippen molar-refractivity contribution in [2.24, 2.45) is 5.10 Å². The Labute approximate surface area is 132 Å². The average molecular weight is 343 g/mol. The van der Waals surface area contributed by atoms with Gasteiger partial charge in [0, 0.05) is 17.8 Å². The standard InChI is InChI=1S/C17H15BrN2O/c1-12(21)20-17(14-7-9-15(18)10-8-14)11-16(19-20)13-5-3-2-4-6-13/h2-10,17H,11H2,1H3/t17-/m0/s1. The number of benzene rings is 2. The predicted octanol–water partition coefficient (Wildman–Crippen LogP) is 4.15. The Morgan fingerprint density at radius 2 is 1.81 bits per heavy atom. The average Bonchev–Trinajstić information content (AvgIpc) is 2.94. The molecule has 0 bridgehead atoms. The molecule has 0 N–H and O–H groups in total. The highest BCUT2D eigenvalue weighted by atomic mass is 79.9. The van der Waals surface area contributed by atoms with Gasteiger partial charge < -0.3 is 0 Å². The Hall–Kier alpha value is -1.94. The first-order valence-electron chi connectivity index (χ1n) is 6.83. The SMILES string of the molecule is CC(=O)N1N=C(c2ccccc2)C[C@H]1c1ccc(Br)cc1. The lowest BCUT2D eigenvalue weighted by atomic mass is 9.98. The summed E-state index contributed by atoms with van der Waals surface area (Å²) in [5.41, 5.74) is 3.13. The lowest BCUT2D eigenvalue weighted by Gasteiger charge is -2.20. The number of carbonyl (C=O) groups is 1. The van der Waals surface area contributed by atoms with Crippen LogP contribution < -0.4 is 0 Å². The number of amides is 1. The number of hydrazone groups is 1. The molecular weight excluding hydrogens is 328 g/mol. The van der Waals surface area contributed by atoms with Crippen LogP contribution in [0.2, 0.25) is 0 Å². The van der Waals surface area contributed by atoms with Crippen molar-refractivity contribution in [1.82, 2.24) is 5.01 Å². The van der Waals surface area contributed by atoms with E-state index in [-0.39, 0.29) is 11.9 Å². The molecule has 0 unspecified atom stereocenters. The fourth-order valence-electron chi connectivity index (χ4n) is 2.55. The van der Waals surface area contributed by atoms with E-state index in [0.717, 1.165) is 27.7 Å². The Kier molecular flexibility index (Phi) is 3.88. The summed E-state index contributed by atoms with van der Waals surface area (Å²) in [6, 6.07) is 18.1. The molecule has 1 heterocycles. The summed E-state index contributed by atoms with van der Waals surface area (Å²) >= 11 is 3.44. The Bertz CT molecular complexity index is 680. The lowest BCUT2D eigenvalue weighted by molar-refractivity contribution is -0.130. The third-order valence-corrected chi connectivity index (χ3v) is 4.12. The first-order valence-corrected chi connectivity index (χ1v) is 7.62. The maximum absolute atomic E-state index is 11.9. The molecule has 21 heavy (non-hydrogen) atoms. The fraction of sp³-hybridized carbons (Fsp3) is 0.176. The van der Waals surface area contributed by atoms with E-state index in [0.29, 0.717) is 0 Å². The van der Waals surface area contributed by atoms with Crippen LogP contribution in [0.5, 0.6) is 0 Å². The third kappa shape index (κ3) is 2.90. The molecule has 106 valence electrons. The summed E-state index contributed by atoms with van der Waals surface area (Å²) in [4.78, 5) is 11.9. The van der Waals surface area contributed by atoms with Gasteiger partial charge in [0.2, 0.25) is 5.91 Å². The molecule has 1 atom stereocenters. The lowest BCUT2D eigenvalue weighted by Crippen LogP contribution is -2.24. The van der Waals surface area contributed by atoms with Crippen LogP contribution in [-0.4, -0.2) is 16.6 Å². The number of nitrogens with zero attached hydrogens (tertiary/aromatic N) is 2. The zero-order valence-electron chi connectivity index (χ0n) is 11.7. The van der Waals surface area contributed by atoms with E-state index in [1.54, 1.807) is 11.9 Å². The summed E-state index contributed by atoms with van der Waals surface area (Å²) in [7, 11) is 0. The fourth-order valence-corrected chi connectivity index (χ4v) is 2.81. The minimum absolute atomic E-state index is 0.0224. The van der Waals surface area contributed by atoms with Gasteiger partial charge in [0.1, 0.15) is 0 Å². The maximum atomic E-state index is 11.9. The molecule has 1 amide bonds. The first-order chi connectivity index (χ1) is 10.1. The van der Waals surface area contributed by atoms with E-state index < -0.39 is 0 Å². The minimum Gasteiger partial charge on any atom is -0.273 e. The molecule has 0 aliphatic carbocycles. The molecule has 0 fully saturated rings. The van der Waals surface area contributed by atoms with Crippen LogP contribution in [0, 0.1) is 0 Å². The topological polar surface area (TPSA) is 32.7 Å². The summed E-state index contributed by atoms with van der Waals surface area (Å²) in [6.45, 7) is 1.56. The molecule has 2 aromatic carbocycles. The van der Waals surface area contributed by atoms with Crippen LogP contribution in [-0.2, 0) is 4.79 Å². The number of hydrogen-bond acceptors (Lipinski definition) is 2. The number of halogens is 1. The van der Waals surface area contributed by atoms with Crippen molar-refractivity contribution in [3.05, 3.63) is 70.2 Å². The number of carbonyl (C=O) groups excluding carboxylic acids is 1. The normalized spacial score (nSPS) is 17.7. The monoisotopic (exact) mass is 342 g/mol. The Balaban J connectivity index is 1.93. The second kappa shape index (κ2) is 5.82.